The number of aryl methyl sites for hydroxylation is 1. The Kier molecular flexibility index (Phi) is 13.3. The Labute approximate surface area is 261 Å². The molecular weight excluding hydrogens is 560 g/mol. The number of carbonyl (C=O) groups is 2. The average Bonchev–Trinajstić information content (AvgIpc) is 3.27. The number of aliphatic hydroxyl groups is 1. The summed E-state index contributed by atoms with van der Waals surface area (Å²) in [4.78, 5) is 31.2. The molecule has 3 atom stereocenters. The summed E-state index contributed by atoms with van der Waals surface area (Å²) in [5.41, 5.74) is 13.4. The second-order valence-corrected chi connectivity index (χ2v) is 12.1. The molecule has 6 N–H and O–H groups in total. The second-order valence-electron chi connectivity index (χ2n) is 12.1. The highest BCUT2D eigenvalue weighted by Gasteiger charge is 2.43. The summed E-state index contributed by atoms with van der Waals surface area (Å²) >= 11 is 0. The van der Waals surface area contributed by atoms with Gasteiger partial charge in [-0.2, -0.15) is 0 Å². The van der Waals surface area contributed by atoms with Gasteiger partial charge >= 0.3 is 5.97 Å². The topological polar surface area (TPSA) is 161 Å². The zero-order valence-electron chi connectivity index (χ0n) is 26.5. The molecule has 0 radical (unpaired) electrons. The number of aliphatic hydroxyl groups excluding tert-OH is 1. The van der Waals surface area contributed by atoms with Crippen molar-refractivity contribution in [3.8, 4) is 11.5 Å². The largest absolute Gasteiger partial charge is 0.504 e. The smallest absolute Gasteiger partial charge is 0.302 e. The maximum atomic E-state index is 13.4. The van der Waals surface area contributed by atoms with E-state index in [4.69, 9.17) is 20.9 Å². The number of nitrogens with zero attached hydrogens (tertiary/aromatic N) is 2. The molecule has 1 aliphatic rings. The Hall–Kier alpha value is -3.79. The zero-order valence-corrected chi connectivity index (χ0v) is 26.5. The van der Waals surface area contributed by atoms with Gasteiger partial charge in [-0.05, 0) is 49.3 Å². The fourth-order valence-electron chi connectivity index (χ4n) is 6.14. The minimum Gasteiger partial charge on any atom is -0.504 e. The Bertz CT molecular complexity index is 1250. The number of esters is 1. The lowest BCUT2D eigenvalue weighted by Gasteiger charge is -2.29. The van der Waals surface area contributed by atoms with E-state index in [0.29, 0.717) is 69.3 Å². The standard InChI is InChI=1S/C34H50N4O6/c1-4-5-7-12-28(40)19-29(44-24(2)39)14-13-26-17-27(32(42)30(18-26)43-3)22-38-23-34(21-31(38)41,15-16-37-33(35)36)20-25-10-8-6-9-11-25/h6,8-11,17-18,28-29,40,42H,4-5,7,12-16,19-23H2,1-3H3,(H4,35,36,37)/t28-,29+,34-/m0/s1. The van der Waals surface area contributed by atoms with Crippen molar-refractivity contribution in [3.05, 3.63) is 59.2 Å². The monoisotopic (exact) mass is 610 g/mol. The van der Waals surface area contributed by atoms with Gasteiger partial charge in [0.2, 0.25) is 5.91 Å². The van der Waals surface area contributed by atoms with Crippen LogP contribution in [0.4, 0.5) is 0 Å². The third kappa shape index (κ3) is 10.7. The number of aliphatic imine (C=N–C) groups is 1. The van der Waals surface area contributed by atoms with Crippen molar-refractivity contribution in [2.24, 2.45) is 21.9 Å². The number of hydrogen-bond donors (Lipinski definition) is 4. The predicted octanol–water partition coefficient (Wildman–Crippen LogP) is 4.22. The second kappa shape index (κ2) is 16.9. The first kappa shape index (κ1) is 34.7. The Balaban J connectivity index is 1.77. The van der Waals surface area contributed by atoms with Gasteiger partial charge in [0.1, 0.15) is 6.10 Å². The molecule has 1 saturated heterocycles. The summed E-state index contributed by atoms with van der Waals surface area (Å²) in [5.74, 6) is -0.0478. The molecule has 1 heterocycles. The minimum absolute atomic E-state index is 0.00128. The summed E-state index contributed by atoms with van der Waals surface area (Å²) < 4.78 is 11.0. The van der Waals surface area contributed by atoms with E-state index in [2.05, 4.69) is 24.0 Å². The predicted molar refractivity (Wildman–Crippen MR) is 171 cm³/mol. The summed E-state index contributed by atoms with van der Waals surface area (Å²) in [5, 5.41) is 21.6. The Morgan fingerprint density at radius 1 is 1.14 bits per heavy atom. The number of unbranched alkanes of at least 4 members (excludes halogenated alkanes) is 2. The first-order valence-electron chi connectivity index (χ1n) is 15.6. The van der Waals surface area contributed by atoms with Crippen molar-refractivity contribution in [1.82, 2.24) is 4.90 Å². The normalized spacial score (nSPS) is 17.7. The molecule has 1 fully saturated rings. The summed E-state index contributed by atoms with van der Waals surface area (Å²) in [6, 6.07) is 13.7. The molecular formula is C34H50N4O6. The van der Waals surface area contributed by atoms with Gasteiger partial charge in [-0.15, -0.1) is 0 Å². The number of rotatable bonds is 18. The lowest BCUT2D eigenvalue weighted by atomic mass is 9.78. The number of hydrogen-bond acceptors (Lipinski definition) is 7. The van der Waals surface area contributed by atoms with Gasteiger partial charge < -0.3 is 36.1 Å². The molecule has 2 aromatic carbocycles. The van der Waals surface area contributed by atoms with Gasteiger partial charge in [0, 0.05) is 50.4 Å². The van der Waals surface area contributed by atoms with Crippen LogP contribution < -0.4 is 16.2 Å². The number of carbonyl (C=O) groups excluding carboxylic acids is 2. The number of nitrogens with two attached hydrogens (primary N) is 2. The SMILES string of the molecule is CCCCC[C@H](O)C[C@@H](CCc1cc(CN2C[C@@](CCN=C(N)N)(Cc3ccccc3)CC2=O)c(O)c(OC)c1)OC(C)=O. The summed E-state index contributed by atoms with van der Waals surface area (Å²) in [6.07, 6.45) is 5.85. The zero-order chi connectivity index (χ0) is 32.1. The van der Waals surface area contributed by atoms with Crippen molar-refractivity contribution >= 4 is 17.8 Å². The van der Waals surface area contributed by atoms with Crippen LogP contribution in [0.1, 0.15) is 81.9 Å². The highest BCUT2D eigenvalue weighted by molar-refractivity contribution is 5.80. The van der Waals surface area contributed by atoms with Crippen LogP contribution in [0.15, 0.2) is 47.5 Å². The quantitative estimate of drug-likeness (QED) is 0.0845. The van der Waals surface area contributed by atoms with Gasteiger partial charge in [0.05, 0.1) is 13.2 Å². The minimum atomic E-state index is -0.542. The molecule has 0 aromatic heterocycles. The van der Waals surface area contributed by atoms with Crippen LogP contribution in [0, 0.1) is 5.41 Å². The first-order valence-corrected chi connectivity index (χ1v) is 15.6. The van der Waals surface area contributed by atoms with Crippen molar-refractivity contribution in [3.63, 3.8) is 0 Å². The van der Waals surface area contributed by atoms with Gasteiger partial charge in [0.25, 0.3) is 0 Å². The van der Waals surface area contributed by atoms with Gasteiger partial charge in [-0.3, -0.25) is 14.6 Å². The molecule has 0 saturated carbocycles. The Morgan fingerprint density at radius 3 is 2.55 bits per heavy atom. The molecule has 0 aliphatic carbocycles. The van der Waals surface area contributed by atoms with Gasteiger partial charge in [-0.25, -0.2) is 0 Å². The van der Waals surface area contributed by atoms with E-state index in [0.717, 1.165) is 30.4 Å². The van der Waals surface area contributed by atoms with Crippen molar-refractivity contribution in [2.75, 3.05) is 20.2 Å². The molecule has 2 aromatic rings. The highest BCUT2D eigenvalue weighted by Crippen LogP contribution is 2.41. The van der Waals surface area contributed by atoms with Crippen LogP contribution in [0.2, 0.25) is 0 Å². The van der Waals surface area contributed by atoms with Crippen molar-refractivity contribution in [1.29, 1.82) is 0 Å². The molecule has 10 heteroatoms. The van der Waals surface area contributed by atoms with E-state index in [1.807, 2.05) is 24.3 Å². The van der Waals surface area contributed by atoms with E-state index in [1.165, 1.54) is 14.0 Å². The number of likely N-dealkylation sites (tertiary alicyclic amines) is 1. The number of ether oxygens (including phenoxy) is 2. The lowest BCUT2D eigenvalue weighted by Crippen LogP contribution is -2.31. The van der Waals surface area contributed by atoms with E-state index in [1.54, 1.807) is 11.0 Å². The molecule has 44 heavy (non-hydrogen) atoms. The van der Waals surface area contributed by atoms with Gasteiger partial charge in [-0.1, -0.05) is 62.6 Å². The number of phenolic OH excluding ortho intramolecular Hbond substituents is 1. The fourth-order valence-corrected chi connectivity index (χ4v) is 6.14. The molecule has 1 aliphatic heterocycles. The van der Waals surface area contributed by atoms with Gasteiger partial charge in [0.15, 0.2) is 17.5 Å². The van der Waals surface area contributed by atoms with Crippen LogP contribution in [0.5, 0.6) is 11.5 Å². The third-order valence-electron chi connectivity index (χ3n) is 8.32. The summed E-state index contributed by atoms with van der Waals surface area (Å²) in [7, 11) is 1.49. The van der Waals surface area contributed by atoms with E-state index in [-0.39, 0.29) is 35.5 Å². The number of benzene rings is 2. The van der Waals surface area contributed by atoms with Crippen LogP contribution >= 0.6 is 0 Å². The number of amides is 1. The fraction of sp³-hybridized carbons (Fsp3) is 0.559. The van der Waals surface area contributed by atoms with E-state index < -0.39 is 12.2 Å². The molecule has 1 amide bonds. The van der Waals surface area contributed by atoms with Crippen LogP contribution in [0.25, 0.3) is 0 Å². The maximum absolute atomic E-state index is 13.4. The number of guanidine groups is 1. The molecule has 10 nitrogen and oxygen atoms in total. The molecule has 0 unspecified atom stereocenters. The van der Waals surface area contributed by atoms with Crippen LogP contribution in [0.3, 0.4) is 0 Å². The molecule has 0 bridgehead atoms. The highest BCUT2D eigenvalue weighted by atomic mass is 16.5. The van der Waals surface area contributed by atoms with Crippen LogP contribution in [-0.4, -0.2) is 65.4 Å². The number of phenols is 1. The van der Waals surface area contributed by atoms with Crippen molar-refractivity contribution < 1.29 is 29.3 Å². The van der Waals surface area contributed by atoms with Crippen molar-refractivity contribution in [2.45, 2.75) is 96.8 Å². The number of methoxy groups -OCH3 is 1. The molecule has 3 rings (SSSR count). The number of aromatic hydroxyl groups is 1. The lowest BCUT2D eigenvalue weighted by molar-refractivity contribution is -0.148. The van der Waals surface area contributed by atoms with E-state index in [9.17, 15) is 19.8 Å². The first-order chi connectivity index (χ1) is 21.0. The van der Waals surface area contributed by atoms with Crippen LogP contribution in [-0.2, 0) is 33.7 Å². The molecule has 242 valence electrons. The molecule has 0 spiro atoms. The Morgan fingerprint density at radius 2 is 1.89 bits per heavy atom. The third-order valence-corrected chi connectivity index (χ3v) is 8.32. The average molecular weight is 611 g/mol. The van der Waals surface area contributed by atoms with E-state index >= 15 is 0 Å². The maximum Gasteiger partial charge on any atom is 0.302 e. The summed E-state index contributed by atoms with van der Waals surface area (Å²) in [6.45, 7) is 4.63.